The van der Waals surface area contributed by atoms with Crippen LogP contribution in [-0.4, -0.2) is 28.1 Å². The predicted octanol–water partition coefficient (Wildman–Crippen LogP) is 2.28. The van der Waals surface area contributed by atoms with E-state index in [1.165, 1.54) is 0 Å². The minimum atomic E-state index is 0.103. The standard InChI is InChI=1S/C15H21N3O2/c1-2-8-20-15-5-3-4-14(9-15)16-10-13-11-17-18(12-13)6-7-19/h3-5,9,11-12,16,19H,2,6-8,10H2,1H3. The van der Waals surface area contributed by atoms with Crippen molar-refractivity contribution in [3.8, 4) is 5.75 Å². The monoisotopic (exact) mass is 275 g/mol. The Morgan fingerprint density at radius 1 is 1.40 bits per heavy atom. The van der Waals surface area contributed by atoms with Crippen LogP contribution in [0.3, 0.4) is 0 Å². The van der Waals surface area contributed by atoms with Crippen LogP contribution in [0, 0.1) is 0 Å². The van der Waals surface area contributed by atoms with Gasteiger partial charge in [0.1, 0.15) is 5.75 Å². The van der Waals surface area contributed by atoms with Crippen molar-refractivity contribution in [1.82, 2.24) is 9.78 Å². The van der Waals surface area contributed by atoms with Gasteiger partial charge >= 0.3 is 0 Å². The number of nitrogens with zero attached hydrogens (tertiary/aromatic N) is 2. The van der Waals surface area contributed by atoms with Gasteiger partial charge in [0.2, 0.25) is 0 Å². The molecular weight excluding hydrogens is 254 g/mol. The Kier molecular flexibility index (Phi) is 5.43. The predicted molar refractivity (Wildman–Crippen MR) is 78.9 cm³/mol. The van der Waals surface area contributed by atoms with Crippen LogP contribution in [0.4, 0.5) is 5.69 Å². The highest BCUT2D eigenvalue weighted by Gasteiger charge is 2.00. The normalized spacial score (nSPS) is 10.5. The van der Waals surface area contributed by atoms with E-state index < -0.39 is 0 Å². The number of hydrogen-bond acceptors (Lipinski definition) is 4. The second-order valence-corrected chi connectivity index (χ2v) is 4.57. The van der Waals surface area contributed by atoms with Gasteiger partial charge in [0.25, 0.3) is 0 Å². The molecule has 0 amide bonds. The molecule has 108 valence electrons. The number of benzene rings is 1. The Hall–Kier alpha value is -2.01. The van der Waals surface area contributed by atoms with Crippen molar-refractivity contribution in [3.05, 3.63) is 42.2 Å². The van der Waals surface area contributed by atoms with Gasteiger partial charge in [-0.2, -0.15) is 5.10 Å². The van der Waals surface area contributed by atoms with E-state index in [2.05, 4.69) is 17.3 Å². The van der Waals surface area contributed by atoms with E-state index in [0.29, 0.717) is 13.1 Å². The maximum Gasteiger partial charge on any atom is 0.121 e. The van der Waals surface area contributed by atoms with Gasteiger partial charge in [0, 0.05) is 30.1 Å². The highest BCUT2D eigenvalue weighted by molar-refractivity contribution is 5.48. The summed E-state index contributed by atoms with van der Waals surface area (Å²) in [4.78, 5) is 0. The average Bonchev–Trinajstić information content (AvgIpc) is 2.92. The third kappa shape index (κ3) is 4.28. The van der Waals surface area contributed by atoms with Crippen molar-refractivity contribution in [2.24, 2.45) is 0 Å². The smallest absolute Gasteiger partial charge is 0.121 e. The van der Waals surface area contributed by atoms with Crippen molar-refractivity contribution in [3.63, 3.8) is 0 Å². The van der Waals surface area contributed by atoms with Gasteiger partial charge in [-0.25, -0.2) is 0 Å². The zero-order valence-corrected chi connectivity index (χ0v) is 11.7. The number of nitrogens with one attached hydrogen (secondary N) is 1. The average molecular weight is 275 g/mol. The minimum absolute atomic E-state index is 0.103. The summed E-state index contributed by atoms with van der Waals surface area (Å²) in [6.07, 6.45) is 4.74. The molecular formula is C15H21N3O2. The van der Waals surface area contributed by atoms with Crippen LogP contribution in [0.1, 0.15) is 18.9 Å². The highest BCUT2D eigenvalue weighted by atomic mass is 16.5. The Bertz CT molecular complexity index is 525. The fraction of sp³-hybridized carbons (Fsp3) is 0.400. The van der Waals surface area contributed by atoms with Crippen LogP contribution in [0.15, 0.2) is 36.7 Å². The van der Waals surface area contributed by atoms with E-state index in [0.717, 1.165) is 30.0 Å². The molecule has 0 unspecified atom stereocenters. The first-order valence-corrected chi connectivity index (χ1v) is 6.90. The molecule has 2 N–H and O–H groups in total. The SMILES string of the molecule is CCCOc1cccc(NCc2cnn(CCO)c2)c1. The van der Waals surface area contributed by atoms with Crippen molar-refractivity contribution in [2.45, 2.75) is 26.4 Å². The number of ether oxygens (including phenoxy) is 1. The van der Waals surface area contributed by atoms with Crippen molar-refractivity contribution >= 4 is 5.69 Å². The topological polar surface area (TPSA) is 59.3 Å². The molecule has 0 bridgehead atoms. The lowest BCUT2D eigenvalue weighted by Gasteiger charge is -2.08. The molecule has 0 saturated carbocycles. The van der Waals surface area contributed by atoms with Crippen LogP contribution in [-0.2, 0) is 13.1 Å². The fourth-order valence-corrected chi connectivity index (χ4v) is 1.84. The van der Waals surface area contributed by atoms with Crippen molar-refractivity contribution in [2.75, 3.05) is 18.5 Å². The van der Waals surface area contributed by atoms with Crippen molar-refractivity contribution in [1.29, 1.82) is 0 Å². The van der Waals surface area contributed by atoms with E-state index in [4.69, 9.17) is 9.84 Å². The zero-order valence-electron chi connectivity index (χ0n) is 11.7. The third-order valence-corrected chi connectivity index (χ3v) is 2.82. The summed E-state index contributed by atoms with van der Waals surface area (Å²) >= 11 is 0. The fourth-order valence-electron chi connectivity index (χ4n) is 1.84. The summed E-state index contributed by atoms with van der Waals surface area (Å²) in [6, 6.07) is 7.94. The lowest BCUT2D eigenvalue weighted by atomic mass is 10.3. The van der Waals surface area contributed by atoms with Gasteiger partial charge in [-0.15, -0.1) is 0 Å². The van der Waals surface area contributed by atoms with Crippen LogP contribution < -0.4 is 10.1 Å². The molecule has 2 rings (SSSR count). The van der Waals surface area contributed by atoms with E-state index in [-0.39, 0.29) is 6.61 Å². The maximum absolute atomic E-state index is 8.85. The molecule has 0 fully saturated rings. The number of aliphatic hydroxyl groups is 1. The van der Waals surface area contributed by atoms with Gasteiger partial charge in [0.05, 0.1) is 26.0 Å². The lowest BCUT2D eigenvalue weighted by Crippen LogP contribution is -2.02. The summed E-state index contributed by atoms with van der Waals surface area (Å²) in [6.45, 7) is 4.15. The zero-order chi connectivity index (χ0) is 14.2. The summed E-state index contributed by atoms with van der Waals surface area (Å²) in [7, 11) is 0. The molecule has 5 heteroatoms. The molecule has 0 spiro atoms. The van der Waals surface area contributed by atoms with Gasteiger partial charge < -0.3 is 15.2 Å². The van der Waals surface area contributed by atoms with Crippen LogP contribution >= 0.6 is 0 Å². The lowest BCUT2D eigenvalue weighted by molar-refractivity contribution is 0.269. The molecule has 5 nitrogen and oxygen atoms in total. The second kappa shape index (κ2) is 7.55. The summed E-state index contributed by atoms with van der Waals surface area (Å²) in [5.41, 5.74) is 2.10. The minimum Gasteiger partial charge on any atom is -0.494 e. The largest absolute Gasteiger partial charge is 0.494 e. The van der Waals surface area contributed by atoms with Gasteiger partial charge in [0.15, 0.2) is 0 Å². The third-order valence-electron chi connectivity index (χ3n) is 2.82. The summed E-state index contributed by atoms with van der Waals surface area (Å²) < 4.78 is 7.33. The highest BCUT2D eigenvalue weighted by Crippen LogP contribution is 2.18. The van der Waals surface area contributed by atoms with E-state index in [9.17, 15) is 0 Å². The first-order valence-electron chi connectivity index (χ1n) is 6.90. The molecule has 0 atom stereocenters. The first-order chi connectivity index (χ1) is 9.81. The number of rotatable bonds is 8. The maximum atomic E-state index is 8.85. The quantitative estimate of drug-likeness (QED) is 0.776. The summed E-state index contributed by atoms with van der Waals surface area (Å²) in [5, 5.41) is 16.4. The molecule has 0 aliphatic rings. The van der Waals surface area contributed by atoms with Crippen molar-refractivity contribution < 1.29 is 9.84 Å². The Labute approximate surface area is 119 Å². The molecule has 2 aromatic rings. The van der Waals surface area contributed by atoms with E-state index >= 15 is 0 Å². The molecule has 0 saturated heterocycles. The second-order valence-electron chi connectivity index (χ2n) is 4.57. The molecule has 0 radical (unpaired) electrons. The molecule has 0 aliphatic heterocycles. The number of aliphatic hydroxyl groups excluding tert-OH is 1. The Morgan fingerprint density at radius 2 is 2.30 bits per heavy atom. The Morgan fingerprint density at radius 3 is 3.10 bits per heavy atom. The van der Waals surface area contributed by atoms with E-state index in [1.54, 1.807) is 10.9 Å². The number of hydrogen-bond donors (Lipinski definition) is 2. The number of aromatic nitrogens is 2. The Balaban J connectivity index is 1.89. The number of anilines is 1. The van der Waals surface area contributed by atoms with Gasteiger partial charge in [-0.1, -0.05) is 13.0 Å². The van der Waals surface area contributed by atoms with Gasteiger partial charge in [-0.05, 0) is 18.6 Å². The van der Waals surface area contributed by atoms with Crippen LogP contribution in [0.25, 0.3) is 0 Å². The molecule has 1 heterocycles. The molecule has 20 heavy (non-hydrogen) atoms. The van der Waals surface area contributed by atoms with E-state index in [1.807, 2.05) is 30.5 Å². The van der Waals surface area contributed by atoms with Crippen LogP contribution in [0.2, 0.25) is 0 Å². The molecule has 1 aromatic carbocycles. The first kappa shape index (κ1) is 14.4. The molecule has 0 aliphatic carbocycles. The molecule has 1 aromatic heterocycles. The summed E-state index contributed by atoms with van der Waals surface area (Å²) in [5.74, 6) is 0.882. The van der Waals surface area contributed by atoms with Crippen LogP contribution in [0.5, 0.6) is 5.75 Å². The van der Waals surface area contributed by atoms with Gasteiger partial charge in [-0.3, -0.25) is 4.68 Å².